The van der Waals surface area contributed by atoms with Gasteiger partial charge in [-0.25, -0.2) is 0 Å². The number of imide groups is 2. The number of nitrogens with one attached hydrogen (secondary N) is 1. The molecule has 0 aromatic heterocycles. The van der Waals surface area contributed by atoms with E-state index in [4.69, 9.17) is 0 Å². The summed E-state index contributed by atoms with van der Waals surface area (Å²) in [6, 6.07) is 37.6. The molecule has 3 fully saturated rings. The number of likely N-dealkylation sites (tertiary alicyclic amines) is 1. The van der Waals surface area contributed by atoms with E-state index >= 15 is 4.79 Å². The van der Waals surface area contributed by atoms with E-state index in [2.05, 4.69) is 11.5 Å². The summed E-state index contributed by atoms with van der Waals surface area (Å²) < 4.78 is 0. The van der Waals surface area contributed by atoms with Gasteiger partial charge in [0.25, 0.3) is 11.8 Å². The van der Waals surface area contributed by atoms with Crippen molar-refractivity contribution in [1.82, 2.24) is 9.91 Å². The highest BCUT2D eigenvalue weighted by Gasteiger charge is 2.70. The summed E-state index contributed by atoms with van der Waals surface area (Å²) in [4.78, 5) is 60.3. The standard InChI is InChI=1S/C44H37N3O5/c1-26-16-18-29(19-17-26)45-47-41(50)36-24-35-33(20-21-34-38(35)42(51)46(40(34)49)25-27-10-4-2-5-11-27)39(44(36,43(47)52)28-12-6-3-7-13-28)32-22-23-37(48)31-15-9-8-14-30(31)32/h2-20,22-23,34-36,38-39,45,48H,21,24-25H2,1H3/t34-,35+,36-,38-,39-,44+/m0/s1. The van der Waals surface area contributed by atoms with Gasteiger partial charge in [-0.05, 0) is 66.0 Å². The monoisotopic (exact) mass is 687 g/mol. The van der Waals surface area contributed by atoms with E-state index in [1.807, 2.05) is 122 Å². The molecule has 0 bridgehead atoms. The van der Waals surface area contributed by atoms with E-state index < -0.39 is 35.0 Å². The molecule has 9 rings (SSSR count). The van der Waals surface area contributed by atoms with Gasteiger partial charge in [0.05, 0.1) is 35.4 Å². The van der Waals surface area contributed by atoms with Crippen LogP contribution in [0.25, 0.3) is 10.8 Å². The van der Waals surface area contributed by atoms with Crippen molar-refractivity contribution in [3.8, 4) is 5.75 Å². The Morgan fingerprint density at radius 1 is 0.731 bits per heavy atom. The Morgan fingerprint density at radius 2 is 1.40 bits per heavy atom. The number of anilines is 1. The molecule has 4 aliphatic rings. The maximum absolute atomic E-state index is 15.4. The molecule has 2 heterocycles. The number of allylic oxidation sites excluding steroid dienone is 2. The molecule has 52 heavy (non-hydrogen) atoms. The molecule has 8 heteroatoms. The summed E-state index contributed by atoms with van der Waals surface area (Å²) in [5.74, 6) is -4.30. The van der Waals surface area contributed by atoms with Gasteiger partial charge in [0, 0.05) is 11.3 Å². The highest BCUT2D eigenvalue weighted by molar-refractivity contribution is 6.13. The fourth-order valence-electron chi connectivity index (χ4n) is 9.64. The third kappa shape index (κ3) is 4.59. The number of aryl methyl sites for hydroxylation is 1. The molecule has 2 N–H and O–H groups in total. The number of fused-ring (bicyclic) bond motifs is 5. The maximum atomic E-state index is 15.4. The number of benzene rings is 5. The normalized spacial score (nSPS) is 26.6. The minimum atomic E-state index is -1.39. The van der Waals surface area contributed by atoms with Crippen LogP contribution < -0.4 is 5.43 Å². The summed E-state index contributed by atoms with van der Waals surface area (Å²) in [6.07, 6.45) is 2.65. The van der Waals surface area contributed by atoms with E-state index in [1.165, 1.54) is 9.91 Å². The zero-order chi connectivity index (χ0) is 35.7. The number of phenolic OH excluding ortho intramolecular Hbond substituents is 1. The number of hydrogen-bond acceptors (Lipinski definition) is 6. The van der Waals surface area contributed by atoms with E-state index in [0.717, 1.165) is 27.6 Å². The lowest BCUT2D eigenvalue weighted by molar-refractivity contribution is -0.142. The average molecular weight is 688 g/mol. The quantitative estimate of drug-likeness (QED) is 0.147. The number of nitrogens with zero attached hydrogens (tertiary/aromatic N) is 2. The Hall–Kier alpha value is -6.02. The molecule has 2 aliphatic heterocycles. The molecule has 5 aromatic rings. The predicted octanol–water partition coefficient (Wildman–Crippen LogP) is 7.04. The Bertz CT molecular complexity index is 2300. The summed E-state index contributed by atoms with van der Waals surface area (Å²) in [5.41, 5.74) is 6.66. The first-order valence-corrected chi connectivity index (χ1v) is 17.9. The molecular formula is C44H37N3O5. The molecule has 2 saturated heterocycles. The molecule has 258 valence electrons. The summed E-state index contributed by atoms with van der Waals surface area (Å²) in [5, 5.41) is 13.6. The Balaban J connectivity index is 1.25. The summed E-state index contributed by atoms with van der Waals surface area (Å²) >= 11 is 0. The van der Waals surface area contributed by atoms with Gasteiger partial charge in [-0.15, -0.1) is 0 Å². The number of carbonyl (C=O) groups is 4. The van der Waals surface area contributed by atoms with Crippen LogP contribution in [0.2, 0.25) is 0 Å². The number of rotatable bonds is 6. The fourth-order valence-corrected chi connectivity index (χ4v) is 9.64. The van der Waals surface area contributed by atoms with Crippen LogP contribution in [0, 0.1) is 30.6 Å². The van der Waals surface area contributed by atoms with Crippen LogP contribution in [0.5, 0.6) is 5.75 Å². The molecular weight excluding hydrogens is 651 g/mol. The molecule has 0 radical (unpaired) electrons. The zero-order valence-corrected chi connectivity index (χ0v) is 28.6. The number of hydrogen-bond donors (Lipinski definition) is 2. The first kappa shape index (κ1) is 31.9. The lowest BCUT2D eigenvalue weighted by Gasteiger charge is -2.51. The van der Waals surface area contributed by atoms with Gasteiger partial charge in [-0.1, -0.05) is 120 Å². The van der Waals surface area contributed by atoms with Gasteiger partial charge in [0.2, 0.25) is 11.8 Å². The van der Waals surface area contributed by atoms with Crippen LogP contribution in [-0.4, -0.2) is 38.6 Å². The van der Waals surface area contributed by atoms with Crippen LogP contribution in [-0.2, 0) is 31.1 Å². The first-order chi connectivity index (χ1) is 25.3. The highest BCUT2D eigenvalue weighted by atomic mass is 16.3. The summed E-state index contributed by atoms with van der Waals surface area (Å²) in [7, 11) is 0. The third-order valence-corrected chi connectivity index (χ3v) is 11.9. The molecule has 2 aliphatic carbocycles. The van der Waals surface area contributed by atoms with Crippen LogP contribution in [0.15, 0.2) is 133 Å². The zero-order valence-electron chi connectivity index (χ0n) is 28.6. The second kappa shape index (κ2) is 12.0. The second-order valence-corrected chi connectivity index (χ2v) is 14.6. The van der Waals surface area contributed by atoms with E-state index in [-0.39, 0.29) is 42.3 Å². The van der Waals surface area contributed by atoms with Gasteiger partial charge in [-0.3, -0.25) is 29.5 Å². The van der Waals surface area contributed by atoms with Gasteiger partial charge < -0.3 is 5.11 Å². The van der Waals surface area contributed by atoms with E-state index in [9.17, 15) is 19.5 Å². The molecule has 0 spiro atoms. The van der Waals surface area contributed by atoms with Crippen molar-refractivity contribution in [2.75, 3.05) is 5.43 Å². The molecule has 4 amide bonds. The molecule has 0 unspecified atom stereocenters. The number of phenols is 1. The lowest BCUT2D eigenvalue weighted by Crippen LogP contribution is -2.53. The molecule has 6 atom stereocenters. The Labute approximate surface area is 301 Å². The van der Waals surface area contributed by atoms with Gasteiger partial charge >= 0.3 is 0 Å². The van der Waals surface area contributed by atoms with Crippen molar-refractivity contribution in [2.45, 2.75) is 37.6 Å². The van der Waals surface area contributed by atoms with Crippen LogP contribution >= 0.6 is 0 Å². The lowest BCUT2D eigenvalue weighted by atomic mass is 9.49. The van der Waals surface area contributed by atoms with Crippen molar-refractivity contribution < 1.29 is 24.3 Å². The second-order valence-electron chi connectivity index (χ2n) is 14.6. The number of amides is 4. The number of aromatic hydroxyl groups is 1. The average Bonchev–Trinajstić information content (AvgIpc) is 3.54. The number of carbonyl (C=O) groups excluding carboxylic acids is 4. The van der Waals surface area contributed by atoms with Crippen LogP contribution in [0.4, 0.5) is 5.69 Å². The molecule has 8 nitrogen and oxygen atoms in total. The van der Waals surface area contributed by atoms with Crippen molar-refractivity contribution in [3.63, 3.8) is 0 Å². The topological polar surface area (TPSA) is 107 Å². The van der Waals surface area contributed by atoms with Gasteiger partial charge in [-0.2, -0.15) is 5.01 Å². The van der Waals surface area contributed by atoms with Crippen molar-refractivity contribution in [3.05, 3.63) is 155 Å². The largest absolute Gasteiger partial charge is 0.507 e. The Kier molecular flexibility index (Phi) is 7.40. The smallest absolute Gasteiger partial charge is 0.260 e. The Morgan fingerprint density at radius 3 is 2.13 bits per heavy atom. The number of hydrazine groups is 1. The minimum Gasteiger partial charge on any atom is -0.507 e. The first-order valence-electron chi connectivity index (χ1n) is 17.9. The van der Waals surface area contributed by atoms with Crippen molar-refractivity contribution in [1.29, 1.82) is 0 Å². The van der Waals surface area contributed by atoms with Gasteiger partial charge in [0.15, 0.2) is 0 Å². The van der Waals surface area contributed by atoms with Crippen LogP contribution in [0.1, 0.15) is 41.0 Å². The molecule has 5 aromatic carbocycles. The molecule has 1 saturated carbocycles. The minimum absolute atomic E-state index is 0.110. The van der Waals surface area contributed by atoms with Crippen LogP contribution in [0.3, 0.4) is 0 Å². The van der Waals surface area contributed by atoms with Crippen molar-refractivity contribution in [2.24, 2.45) is 23.7 Å². The third-order valence-electron chi connectivity index (χ3n) is 11.9. The van der Waals surface area contributed by atoms with E-state index in [0.29, 0.717) is 23.1 Å². The SMILES string of the molecule is Cc1ccc(NN2C(=O)[C@@H]3C[C@@H]4C(=CC[C@@H]5C(=O)N(Cc6ccccc6)C(=O)[C@@H]54)[C@H](c4ccc(O)c5ccccc45)[C@]3(c3ccccc3)C2=O)cc1. The highest BCUT2D eigenvalue weighted by Crippen LogP contribution is 2.64. The van der Waals surface area contributed by atoms with Crippen molar-refractivity contribution >= 4 is 40.1 Å². The van der Waals surface area contributed by atoms with Gasteiger partial charge in [0.1, 0.15) is 5.75 Å². The fraction of sp³-hybridized carbons (Fsp3) is 0.227. The van der Waals surface area contributed by atoms with E-state index in [1.54, 1.807) is 6.07 Å². The summed E-state index contributed by atoms with van der Waals surface area (Å²) in [6.45, 7) is 2.16. The maximum Gasteiger partial charge on any atom is 0.260 e. The predicted molar refractivity (Wildman–Crippen MR) is 196 cm³/mol.